The van der Waals surface area contributed by atoms with Crippen molar-refractivity contribution in [2.75, 3.05) is 0 Å². The van der Waals surface area contributed by atoms with Gasteiger partial charge in [-0.3, -0.25) is 9.78 Å². The molecule has 0 atom stereocenters. The molecule has 0 spiro atoms. The van der Waals surface area contributed by atoms with Crippen LogP contribution in [0.25, 0.3) is 0 Å². The lowest BCUT2D eigenvalue weighted by molar-refractivity contribution is -0.115. The van der Waals surface area contributed by atoms with Gasteiger partial charge < -0.3 is 0 Å². The molecule has 1 aliphatic rings. The van der Waals surface area contributed by atoms with Crippen molar-refractivity contribution >= 4 is 17.2 Å². The predicted octanol–water partition coefficient (Wildman–Crippen LogP) is 1.61. The van der Waals surface area contributed by atoms with Crippen LogP contribution in [0.1, 0.15) is 25.3 Å². The Morgan fingerprint density at radius 1 is 1.33 bits per heavy atom. The minimum absolute atomic E-state index is 0.125. The Morgan fingerprint density at radius 2 is 2.07 bits per heavy atom. The van der Waals surface area contributed by atoms with Crippen molar-refractivity contribution in [1.82, 2.24) is 4.98 Å². The Balaban J connectivity index is 2.05. The van der Waals surface area contributed by atoms with Crippen LogP contribution < -0.4 is 0 Å². The fraction of sp³-hybridized carbons (Fsp3) is 0.273. The number of hydrogen-bond donors (Lipinski definition) is 0. The molecule has 2 heterocycles. The molecule has 0 amide bonds. The van der Waals surface area contributed by atoms with Crippen LogP contribution in [0.3, 0.4) is 0 Å². The summed E-state index contributed by atoms with van der Waals surface area (Å²) < 4.78 is 0. The Labute approximate surface area is 87.8 Å². The molecule has 0 saturated heterocycles. The summed E-state index contributed by atoms with van der Waals surface area (Å²) >= 11 is 0. The zero-order valence-electron chi connectivity index (χ0n) is 8.47. The SMILES string of the molecule is CC(=O)CC1=NN=C(c2ccncc2)C1. The van der Waals surface area contributed by atoms with Crippen LogP contribution in [-0.2, 0) is 4.79 Å². The van der Waals surface area contributed by atoms with Gasteiger partial charge in [0.25, 0.3) is 0 Å². The van der Waals surface area contributed by atoms with E-state index in [9.17, 15) is 4.79 Å². The van der Waals surface area contributed by atoms with Gasteiger partial charge in [-0.2, -0.15) is 10.2 Å². The zero-order chi connectivity index (χ0) is 10.7. The van der Waals surface area contributed by atoms with E-state index in [1.165, 1.54) is 0 Å². The van der Waals surface area contributed by atoms with E-state index in [0.717, 1.165) is 17.0 Å². The first-order chi connectivity index (χ1) is 7.25. The van der Waals surface area contributed by atoms with Gasteiger partial charge in [-0.15, -0.1) is 0 Å². The van der Waals surface area contributed by atoms with Gasteiger partial charge in [0.2, 0.25) is 0 Å². The van der Waals surface area contributed by atoms with E-state index >= 15 is 0 Å². The van der Waals surface area contributed by atoms with Crippen molar-refractivity contribution in [2.45, 2.75) is 19.8 Å². The lowest BCUT2D eigenvalue weighted by Gasteiger charge is -1.98. The van der Waals surface area contributed by atoms with Crippen LogP contribution in [0, 0.1) is 0 Å². The van der Waals surface area contributed by atoms with Gasteiger partial charge in [0, 0.05) is 30.8 Å². The van der Waals surface area contributed by atoms with Crippen molar-refractivity contribution in [3.63, 3.8) is 0 Å². The molecule has 1 aromatic rings. The molecular weight excluding hydrogens is 190 g/mol. The molecule has 0 radical (unpaired) electrons. The molecule has 4 nitrogen and oxygen atoms in total. The maximum absolute atomic E-state index is 10.9. The fourth-order valence-corrected chi connectivity index (χ4v) is 1.48. The van der Waals surface area contributed by atoms with Gasteiger partial charge >= 0.3 is 0 Å². The topological polar surface area (TPSA) is 54.7 Å². The van der Waals surface area contributed by atoms with Gasteiger partial charge in [-0.25, -0.2) is 0 Å². The minimum Gasteiger partial charge on any atom is -0.300 e. The van der Waals surface area contributed by atoms with Crippen LogP contribution in [-0.4, -0.2) is 22.2 Å². The van der Waals surface area contributed by atoms with Gasteiger partial charge in [-0.1, -0.05) is 0 Å². The summed E-state index contributed by atoms with van der Waals surface area (Å²) in [6.07, 6.45) is 4.52. The number of Topliss-reactive ketones (excluding diaryl/α,β-unsaturated/α-hetero) is 1. The smallest absolute Gasteiger partial charge is 0.135 e. The van der Waals surface area contributed by atoms with Crippen LogP contribution in [0.2, 0.25) is 0 Å². The first kappa shape index (κ1) is 9.71. The van der Waals surface area contributed by atoms with Crippen LogP contribution in [0.5, 0.6) is 0 Å². The lowest BCUT2D eigenvalue weighted by atomic mass is 10.0. The number of carbonyl (C=O) groups excluding carboxylic acids is 1. The summed E-state index contributed by atoms with van der Waals surface area (Å²) in [4.78, 5) is 14.8. The number of ketones is 1. The molecular formula is C11H11N3O. The van der Waals surface area contributed by atoms with Crippen LogP contribution in [0.4, 0.5) is 0 Å². The van der Waals surface area contributed by atoms with E-state index in [0.29, 0.717) is 12.8 Å². The second kappa shape index (κ2) is 4.13. The van der Waals surface area contributed by atoms with E-state index in [-0.39, 0.29) is 5.78 Å². The third kappa shape index (κ3) is 2.34. The quantitative estimate of drug-likeness (QED) is 0.746. The van der Waals surface area contributed by atoms with Gasteiger partial charge in [0.1, 0.15) is 5.78 Å². The Hall–Kier alpha value is -1.84. The molecule has 2 rings (SSSR count). The number of aromatic nitrogens is 1. The molecule has 0 N–H and O–H groups in total. The van der Waals surface area contributed by atoms with Crippen molar-refractivity contribution in [3.05, 3.63) is 30.1 Å². The van der Waals surface area contributed by atoms with E-state index < -0.39 is 0 Å². The second-order valence-electron chi connectivity index (χ2n) is 3.50. The summed E-state index contributed by atoms with van der Waals surface area (Å²) in [5.41, 5.74) is 2.77. The predicted molar refractivity (Wildman–Crippen MR) is 58.1 cm³/mol. The number of hydrogen-bond acceptors (Lipinski definition) is 4. The highest BCUT2D eigenvalue weighted by molar-refractivity contribution is 6.18. The largest absolute Gasteiger partial charge is 0.300 e. The van der Waals surface area contributed by atoms with Crippen molar-refractivity contribution < 1.29 is 4.79 Å². The highest BCUT2D eigenvalue weighted by Crippen LogP contribution is 2.12. The Bertz CT molecular complexity index is 434. The summed E-state index contributed by atoms with van der Waals surface area (Å²) in [7, 11) is 0. The summed E-state index contributed by atoms with van der Waals surface area (Å²) in [6.45, 7) is 1.56. The van der Waals surface area contributed by atoms with Gasteiger partial charge in [-0.05, 0) is 19.1 Å². The Kier molecular flexibility index (Phi) is 2.67. The molecule has 76 valence electrons. The molecule has 0 saturated carbocycles. The first-order valence-corrected chi connectivity index (χ1v) is 4.78. The van der Waals surface area contributed by atoms with Crippen molar-refractivity contribution in [3.8, 4) is 0 Å². The maximum atomic E-state index is 10.9. The van der Waals surface area contributed by atoms with Gasteiger partial charge in [0.15, 0.2) is 0 Å². The molecule has 0 bridgehead atoms. The third-order valence-electron chi connectivity index (χ3n) is 2.15. The second-order valence-corrected chi connectivity index (χ2v) is 3.50. The molecule has 0 fully saturated rings. The van der Waals surface area contributed by atoms with E-state index in [1.807, 2.05) is 12.1 Å². The lowest BCUT2D eigenvalue weighted by Crippen LogP contribution is -2.07. The van der Waals surface area contributed by atoms with Gasteiger partial charge in [0.05, 0.1) is 11.4 Å². The molecule has 1 aliphatic heterocycles. The van der Waals surface area contributed by atoms with E-state index in [2.05, 4.69) is 15.2 Å². The highest BCUT2D eigenvalue weighted by atomic mass is 16.1. The van der Waals surface area contributed by atoms with Crippen LogP contribution >= 0.6 is 0 Å². The van der Waals surface area contributed by atoms with Crippen LogP contribution in [0.15, 0.2) is 34.7 Å². The minimum atomic E-state index is 0.125. The number of pyridine rings is 1. The summed E-state index contributed by atoms with van der Waals surface area (Å²) in [5.74, 6) is 0.125. The Morgan fingerprint density at radius 3 is 2.73 bits per heavy atom. The monoisotopic (exact) mass is 201 g/mol. The zero-order valence-corrected chi connectivity index (χ0v) is 8.47. The average molecular weight is 201 g/mol. The number of carbonyl (C=O) groups is 1. The average Bonchev–Trinajstić information content (AvgIpc) is 2.67. The third-order valence-corrected chi connectivity index (χ3v) is 2.15. The molecule has 0 unspecified atom stereocenters. The number of nitrogens with zero attached hydrogens (tertiary/aromatic N) is 3. The number of rotatable bonds is 3. The molecule has 15 heavy (non-hydrogen) atoms. The fourth-order valence-electron chi connectivity index (χ4n) is 1.48. The standard InChI is InChI=1S/C11H11N3O/c1-8(15)6-10-7-11(14-13-10)9-2-4-12-5-3-9/h2-5H,6-7H2,1H3. The van der Waals surface area contributed by atoms with Crippen molar-refractivity contribution in [2.24, 2.45) is 10.2 Å². The maximum Gasteiger partial charge on any atom is 0.135 e. The van der Waals surface area contributed by atoms with Crippen molar-refractivity contribution in [1.29, 1.82) is 0 Å². The van der Waals surface area contributed by atoms with E-state index in [4.69, 9.17) is 0 Å². The highest BCUT2D eigenvalue weighted by Gasteiger charge is 2.15. The molecule has 0 aromatic carbocycles. The summed E-state index contributed by atoms with van der Waals surface area (Å²) in [6, 6.07) is 3.79. The molecule has 1 aromatic heterocycles. The molecule has 0 aliphatic carbocycles. The molecule has 4 heteroatoms. The first-order valence-electron chi connectivity index (χ1n) is 4.78. The summed E-state index contributed by atoms with van der Waals surface area (Å²) in [5, 5.41) is 8.06. The van der Waals surface area contributed by atoms with E-state index in [1.54, 1.807) is 19.3 Å². The normalized spacial score (nSPS) is 14.7.